The summed E-state index contributed by atoms with van der Waals surface area (Å²) < 4.78 is 43.6. The quantitative estimate of drug-likeness (QED) is 0.137. The number of aromatic nitrogens is 4. The largest absolute Gasteiger partial charge is 0.503 e. The highest BCUT2D eigenvalue weighted by Crippen LogP contribution is 2.34. The Morgan fingerprint density at radius 3 is 2.29 bits per heavy atom. The number of halogens is 3. The first-order valence-corrected chi connectivity index (χ1v) is 22.3. The van der Waals surface area contributed by atoms with Gasteiger partial charge in [-0.2, -0.15) is 9.49 Å². The number of nitrogens with zero attached hydrogens (tertiary/aromatic N) is 8. The molecule has 4 fully saturated rings. The van der Waals surface area contributed by atoms with Gasteiger partial charge in [0.1, 0.15) is 0 Å². The number of hydrogen-bond acceptors (Lipinski definition) is 10. The van der Waals surface area contributed by atoms with Gasteiger partial charge < -0.3 is 20.2 Å². The maximum absolute atomic E-state index is 14.2. The van der Waals surface area contributed by atoms with Crippen LogP contribution in [0, 0.1) is 36.2 Å². The number of anilines is 2. The number of phenols is 1. The Labute approximate surface area is 373 Å². The summed E-state index contributed by atoms with van der Waals surface area (Å²) in [6, 6.07) is 11.8. The number of carbonyl (C=O) groups is 4. The fraction of sp³-hybridized carbons (Fsp3) is 0.426. The van der Waals surface area contributed by atoms with E-state index >= 15 is 0 Å². The van der Waals surface area contributed by atoms with Crippen LogP contribution < -0.4 is 20.4 Å². The van der Waals surface area contributed by atoms with E-state index < -0.39 is 40.7 Å². The molecular formula is C47H51F3N10O5. The summed E-state index contributed by atoms with van der Waals surface area (Å²) in [6.07, 6.45) is 11.0. The minimum Gasteiger partial charge on any atom is -0.503 e. The monoisotopic (exact) mass is 892 g/mol. The van der Waals surface area contributed by atoms with E-state index in [0.29, 0.717) is 42.3 Å². The number of imide groups is 1. The molecule has 5 aromatic rings. The summed E-state index contributed by atoms with van der Waals surface area (Å²) in [5, 5.41) is 20.1. The number of piperazine rings is 1. The summed E-state index contributed by atoms with van der Waals surface area (Å²) in [6.45, 7) is 8.18. The van der Waals surface area contributed by atoms with Crippen LogP contribution in [0.1, 0.15) is 77.3 Å². The first-order valence-electron chi connectivity index (χ1n) is 22.3. The number of rotatable bonds is 10. The van der Waals surface area contributed by atoms with Crippen molar-refractivity contribution in [3.05, 3.63) is 95.2 Å². The maximum Gasteiger partial charge on any atom is 0.328 e. The van der Waals surface area contributed by atoms with Crippen molar-refractivity contribution >= 4 is 46.3 Å². The molecule has 0 unspecified atom stereocenters. The highest BCUT2D eigenvalue weighted by Gasteiger charge is 2.31. The molecule has 3 saturated heterocycles. The molecule has 1 saturated carbocycles. The van der Waals surface area contributed by atoms with Crippen molar-refractivity contribution in [1.82, 2.24) is 40.2 Å². The standard InChI is InChI=1S/C47H51F3N10O5/c1-28-2-5-32(21-39(28)59-15-12-40(61)54-47(59)65)45(64)57-13-10-30(11-14-57)26-56-16-18-58(19-17-56)46-52-24-34(25-53-46)31-6-7-33-27-60(55-38(33)20-31)35-8-3-29(4-9-35)23-51-44(63)36-22-37(48)43(62)42(50)41(36)49/h2,5-7,20-22,24-25,27,29-30,35,62H,3-4,8-19,23,26H2,1H3,(H,51,63)(H,54,61,65)/t29-,35-. The molecule has 2 aromatic heterocycles. The Hall–Kier alpha value is -6.56. The number of piperidine rings is 1. The summed E-state index contributed by atoms with van der Waals surface area (Å²) in [5.41, 5.74) is 3.99. The fourth-order valence-electron chi connectivity index (χ4n) is 9.56. The molecule has 65 heavy (non-hydrogen) atoms. The van der Waals surface area contributed by atoms with Crippen molar-refractivity contribution in [1.29, 1.82) is 0 Å². The third-order valence-electron chi connectivity index (χ3n) is 13.5. The minimum absolute atomic E-state index is 0.0403. The van der Waals surface area contributed by atoms with E-state index in [1.807, 2.05) is 65.4 Å². The Bertz CT molecular complexity index is 2620. The Kier molecular flexibility index (Phi) is 12.4. The van der Waals surface area contributed by atoms with Gasteiger partial charge in [0.05, 0.1) is 17.1 Å². The van der Waals surface area contributed by atoms with Gasteiger partial charge in [-0.25, -0.2) is 23.5 Å². The van der Waals surface area contributed by atoms with Gasteiger partial charge in [-0.05, 0) is 92.7 Å². The Morgan fingerprint density at radius 2 is 1.57 bits per heavy atom. The molecule has 9 rings (SSSR count). The molecule has 340 valence electrons. The summed E-state index contributed by atoms with van der Waals surface area (Å²) in [4.78, 5) is 67.8. The van der Waals surface area contributed by atoms with Gasteiger partial charge in [0.2, 0.25) is 17.7 Å². The van der Waals surface area contributed by atoms with Crippen molar-refractivity contribution in [2.45, 2.75) is 57.9 Å². The van der Waals surface area contributed by atoms with Crippen LogP contribution in [0.15, 0.2) is 61.1 Å². The van der Waals surface area contributed by atoms with Crippen LogP contribution in [0.4, 0.5) is 29.6 Å². The zero-order valence-electron chi connectivity index (χ0n) is 36.1. The molecule has 18 heteroatoms. The minimum atomic E-state index is -1.79. The highest BCUT2D eigenvalue weighted by molar-refractivity contribution is 6.06. The molecule has 15 nitrogen and oxygen atoms in total. The van der Waals surface area contributed by atoms with Gasteiger partial charge in [-0.1, -0.05) is 18.2 Å². The van der Waals surface area contributed by atoms with Crippen molar-refractivity contribution in [3.63, 3.8) is 0 Å². The lowest BCUT2D eigenvalue weighted by molar-refractivity contribution is -0.120. The molecule has 3 aromatic carbocycles. The normalized spacial score (nSPS) is 20.0. The number of aromatic hydroxyl groups is 1. The number of amides is 5. The zero-order valence-corrected chi connectivity index (χ0v) is 36.1. The van der Waals surface area contributed by atoms with Crippen molar-refractivity contribution in [2.75, 3.05) is 68.7 Å². The Balaban J connectivity index is 0.718. The molecule has 5 heterocycles. The lowest BCUT2D eigenvalue weighted by Gasteiger charge is -2.39. The SMILES string of the molecule is Cc1ccc(C(=O)N2CCC(CN3CCN(c4ncc(-c5ccc6cn([C@H]7CC[C@H](CNC(=O)c8cc(F)c(O)c(F)c8F)CC7)nc6c5)cn4)CC3)CC2)cc1N1CCC(=O)NC1=O. The van der Waals surface area contributed by atoms with Crippen molar-refractivity contribution in [3.8, 4) is 16.9 Å². The lowest BCUT2D eigenvalue weighted by atomic mass is 9.86. The van der Waals surface area contributed by atoms with Gasteiger partial charge in [0, 0.05) is 106 Å². The number of carbonyl (C=O) groups excluding carboxylic acids is 4. The van der Waals surface area contributed by atoms with Crippen molar-refractivity contribution in [2.24, 2.45) is 11.8 Å². The average molecular weight is 893 g/mol. The number of hydrogen-bond donors (Lipinski definition) is 3. The number of aryl methyl sites for hydroxylation is 1. The molecule has 5 amide bonds. The van der Waals surface area contributed by atoms with E-state index in [1.54, 1.807) is 6.07 Å². The first kappa shape index (κ1) is 43.7. The summed E-state index contributed by atoms with van der Waals surface area (Å²) in [5.74, 6) is -6.18. The highest BCUT2D eigenvalue weighted by atomic mass is 19.2. The molecule has 0 radical (unpaired) electrons. The third kappa shape index (κ3) is 9.35. The van der Waals surface area contributed by atoms with Crippen LogP contribution in [-0.4, -0.2) is 117 Å². The van der Waals surface area contributed by atoms with E-state index in [9.17, 15) is 37.5 Å². The van der Waals surface area contributed by atoms with Crippen LogP contribution in [0.5, 0.6) is 5.75 Å². The van der Waals surface area contributed by atoms with Crippen LogP contribution in [0.25, 0.3) is 22.0 Å². The number of urea groups is 1. The second kappa shape index (κ2) is 18.5. The fourth-order valence-corrected chi connectivity index (χ4v) is 9.56. The molecule has 0 atom stereocenters. The lowest BCUT2D eigenvalue weighted by Crippen LogP contribution is -2.50. The van der Waals surface area contributed by atoms with E-state index in [4.69, 9.17) is 15.1 Å². The molecular weight excluding hydrogens is 842 g/mol. The van der Waals surface area contributed by atoms with E-state index in [-0.39, 0.29) is 43.3 Å². The number of phenolic OH excluding ortho intramolecular Hbond substituents is 1. The van der Waals surface area contributed by atoms with E-state index in [0.717, 1.165) is 98.8 Å². The van der Waals surface area contributed by atoms with Crippen molar-refractivity contribution < 1.29 is 37.5 Å². The molecule has 3 N–H and O–H groups in total. The van der Waals surface area contributed by atoms with Crippen LogP contribution >= 0.6 is 0 Å². The Morgan fingerprint density at radius 1 is 0.831 bits per heavy atom. The number of likely N-dealkylation sites (tertiary alicyclic amines) is 1. The number of nitrogens with one attached hydrogen (secondary N) is 2. The molecule has 3 aliphatic heterocycles. The molecule has 4 aliphatic rings. The zero-order chi connectivity index (χ0) is 45.4. The van der Waals surface area contributed by atoms with Crippen LogP contribution in [0.2, 0.25) is 0 Å². The smallest absolute Gasteiger partial charge is 0.328 e. The number of fused-ring (bicyclic) bond motifs is 1. The number of benzene rings is 3. The van der Waals surface area contributed by atoms with Gasteiger partial charge in [0.25, 0.3) is 11.8 Å². The molecule has 0 bridgehead atoms. The second-order valence-electron chi connectivity index (χ2n) is 17.7. The second-order valence-corrected chi connectivity index (χ2v) is 17.7. The predicted octanol–water partition coefficient (Wildman–Crippen LogP) is 6.21. The summed E-state index contributed by atoms with van der Waals surface area (Å²) >= 11 is 0. The van der Waals surface area contributed by atoms with Gasteiger partial charge in [-0.15, -0.1) is 0 Å². The predicted molar refractivity (Wildman–Crippen MR) is 236 cm³/mol. The van der Waals surface area contributed by atoms with Gasteiger partial charge in [0.15, 0.2) is 17.4 Å². The van der Waals surface area contributed by atoms with Gasteiger partial charge in [-0.3, -0.25) is 34.2 Å². The first-order chi connectivity index (χ1) is 31.4. The van der Waals surface area contributed by atoms with Gasteiger partial charge >= 0.3 is 6.03 Å². The van der Waals surface area contributed by atoms with E-state index in [1.165, 1.54) is 4.90 Å². The molecule has 1 aliphatic carbocycles. The van der Waals surface area contributed by atoms with Crippen LogP contribution in [0.3, 0.4) is 0 Å². The third-order valence-corrected chi connectivity index (χ3v) is 13.5. The summed E-state index contributed by atoms with van der Waals surface area (Å²) in [7, 11) is 0. The average Bonchev–Trinajstić information content (AvgIpc) is 3.76. The van der Waals surface area contributed by atoms with Crippen LogP contribution in [-0.2, 0) is 4.79 Å². The molecule has 0 spiro atoms. The van der Waals surface area contributed by atoms with E-state index in [2.05, 4.69) is 20.4 Å². The topological polar surface area (TPSA) is 169 Å². The maximum atomic E-state index is 14.2.